The summed E-state index contributed by atoms with van der Waals surface area (Å²) in [5.74, 6) is -2.41. The summed E-state index contributed by atoms with van der Waals surface area (Å²) in [6.07, 6.45) is 0. The molecule has 1 nitrogen and oxygen atoms in total. The predicted molar refractivity (Wildman–Crippen MR) is 56.1 cm³/mol. The maximum Gasteiger partial charge on any atom is 0.288 e. The van der Waals surface area contributed by atoms with Gasteiger partial charge in [0.05, 0.1) is 0 Å². The molecule has 0 unspecified atom stereocenters. The summed E-state index contributed by atoms with van der Waals surface area (Å²) >= 11 is 6.29. The maximum atomic E-state index is 12.1. The third-order valence-electron chi connectivity index (χ3n) is 1.54. The molecule has 1 aromatic carbocycles. The Hall–Kier alpha value is -0.320. The molecule has 1 rings (SSSR count). The van der Waals surface area contributed by atoms with Crippen molar-refractivity contribution in [3.05, 3.63) is 28.8 Å². The van der Waals surface area contributed by atoms with Crippen LogP contribution in [0.25, 0.3) is 0 Å². The maximum absolute atomic E-state index is 12.1. The summed E-state index contributed by atoms with van der Waals surface area (Å²) in [5, 5.41) is 3.42. The van der Waals surface area contributed by atoms with Crippen LogP contribution in [0.15, 0.2) is 23.1 Å². The molecule has 0 aliphatic rings. The molecule has 0 saturated carbocycles. The zero-order valence-corrected chi connectivity index (χ0v) is 9.13. The fourth-order valence-electron chi connectivity index (χ4n) is 1.10. The molecule has 0 bridgehead atoms. The van der Waals surface area contributed by atoms with Gasteiger partial charge in [0.25, 0.3) is 5.76 Å². The number of nitrogens with one attached hydrogen (secondary N) is 1. The molecule has 14 heavy (non-hydrogen) atoms. The lowest BCUT2D eigenvalue weighted by Gasteiger charge is -2.05. The second-order valence-corrected chi connectivity index (χ2v) is 4.20. The summed E-state index contributed by atoms with van der Waals surface area (Å²) in [7, 11) is 1.79. The summed E-state index contributed by atoms with van der Waals surface area (Å²) in [6, 6.07) is 5.00. The number of benzene rings is 1. The van der Waals surface area contributed by atoms with Gasteiger partial charge in [-0.15, -0.1) is 0 Å². The highest BCUT2D eigenvalue weighted by Crippen LogP contribution is 2.28. The molecule has 0 amide bonds. The number of thioether (sulfide) groups is 1. The van der Waals surface area contributed by atoms with Gasteiger partial charge < -0.3 is 5.32 Å². The average Bonchev–Trinajstić information content (AvgIpc) is 2.01. The van der Waals surface area contributed by atoms with E-state index in [1.807, 2.05) is 0 Å². The zero-order valence-electron chi connectivity index (χ0n) is 7.56. The second kappa shape index (κ2) is 5.53. The van der Waals surface area contributed by atoms with E-state index in [4.69, 9.17) is 11.6 Å². The normalized spacial score (nSPS) is 10.9. The van der Waals surface area contributed by atoms with Crippen LogP contribution in [0.2, 0.25) is 5.02 Å². The van der Waals surface area contributed by atoms with Crippen molar-refractivity contribution in [2.75, 3.05) is 7.05 Å². The molecular weight excluding hydrogens is 228 g/mol. The second-order valence-electron chi connectivity index (χ2n) is 2.70. The first-order valence-electron chi connectivity index (χ1n) is 4.00. The number of rotatable bonds is 4. The largest absolute Gasteiger partial charge is 0.316 e. The molecular formula is C9H10ClF2NS. The van der Waals surface area contributed by atoms with Crippen LogP contribution in [0.5, 0.6) is 0 Å². The van der Waals surface area contributed by atoms with Crippen molar-refractivity contribution in [3.8, 4) is 0 Å². The summed E-state index contributed by atoms with van der Waals surface area (Å²) in [5.41, 5.74) is 0.906. The van der Waals surface area contributed by atoms with E-state index in [1.165, 1.54) is 6.07 Å². The molecule has 0 radical (unpaired) electrons. The summed E-state index contributed by atoms with van der Waals surface area (Å²) < 4.78 is 24.1. The van der Waals surface area contributed by atoms with Crippen LogP contribution in [0.3, 0.4) is 0 Å². The monoisotopic (exact) mass is 237 g/mol. The SMILES string of the molecule is CNCc1cc(Cl)cc(SC(F)F)c1. The van der Waals surface area contributed by atoms with Crippen molar-refractivity contribution in [3.63, 3.8) is 0 Å². The van der Waals surface area contributed by atoms with Crippen molar-refractivity contribution < 1.29 is 8.78 Å². The number of alkyl halides is 2. The fourth-order valence-corrected chi connectivity index (χ4v) is 2.04. The van der Waals surface area contributed by atoms with E-state index in [0.29, 0.717) is 28.2 Å². The van der Waals surface area contributed by atoms with Crippen molar-refractivity contribution in [1.29, 1.82) is 0 Å². The molecule has 0 aliphatic carbocycles. The van der Waals surface area contributed by atoms with Gasteiger partial charge in [-0.1, -0.05) is 23.4 Å². The van der Waals surface area contributed by atoms with Crippen LogP contribution in [0.4, 0.5) is 8.78 Å². The van der Waals surface area contributed by atoms with E-state index in [-0.39, 0.29) is 0 Å². The first kappa shape index (κ1) is 11.8. The van der Waals surface area contributed by atoms with Crippen LogP contribution in [-0.4, -0.2) is 12.8 Å². The highest BCUT2D eigenvalue weighted by molar-refractivity contribution is 7.99. The Morgan fingerprint density at radius 1 is 1.43 bits per heavy atom. The van der Waals surface area contributed by atoms with Gasteiger partial charge in [-0.2, -0.15) is 8.78 Å². The number of halogens is 3. The minimum absolute atomic E-state index is 0.487. The third-order valence-corrected chi connectivity index (χ3v) is 2.44. The highest BCUT2D eigenvalue weighted by atomic mass is 35.5. The lowest BCUT2D eigenvalue weighted by Crippen LogP contribution is -2.04. The van der Waals surface area contributed by atoms with Gasteiger partial charge in [-0.3, -0.25) is 0 Å². The molecule has 1 N–H and O–H groups in total. The number of hydrogen-bond acceptors (Lipinski definition) is 2. The Kier molecular flexibility index (Phi) is 4.65. The average molecular weight is 238 g/mol. The van der Waals surface area contributed by atoms with E-state index < -0.39 is 5.76 Å². The Labute approximate surface area is 90.8 Å². The smallest absolute Gasteiger partial charge is 0.288 e. The third kappa shape index (κ3) is 3.82. The molecule has 5 heteroatoms. The molecule has 0 heterocycles. The molecule has 0 atom stereocenters. The van der Waals surface area contributed by atoms with Crippen molar-refractivity contribution in [1.82, 2.24) is 5.32 Å². The van der Waals surface area contributed by atoms with Gasteiger partial charge >= 0.3 is 0 Å². The molecule has 0 spiro atoms. The van der Waals surface area contributed by atoms with Gasteiger partial charge in [-0.05, 0) is 30.8 Å². The molecule has 78 valence electrons. The van der Waals surface area contributed by atoms with Crippen molar-refractivity contribution >= 4 is 23.4 Å². The Bertz CT molecular complexity index is 307. The van der Waals surface area contributed by atoms with E-state index in [9.17, 15) is 8.78 Å². The Morgan fingerprint density at radius 3 is 2.71 bits per heavy atom. The molecule has 1 aromatic rings. The topological polar surface area (TPSA) is 12.0 Å². The Morgan fingerprint density at radius 2 is 2.14 bits per heavy atom. The van der Waals surface area contributed by atoms with Crippen LogP contribution in [0, 0.1) is 0 Å². The fraction of sp³-hybridized carbons (Fsp3) is 0.333. The lowest BCUT2D eigenvalue weighted by molar-refractivity contribution is 0.252. The van der Waals surface area contributed by atoms with Gasteiger partial charge in [0.1, 0.15) is 0 Å². The van der Waals surface area contributed by atoms with Crippen LogP contribution in [-0.2, 0) is 6.54 Å². The van der Waals surface area contributed by atoms with Crippen LogP contribution in [0.1, 0.15) is 5.56 Å². The highest BCUT2D eigenvalue weighted by Gasteiger charge is 2.07. The van der Waals surface area contributed by atoms with Crippen LogP contribution < -0.4 is 5.32 Å². The zero-order chi connectivity index (χ0) is 10.6. The van der Waals surface area contributed by atoms with Crippen molar-refractivity contribution in [2.24, 2.45) is 0 Å². The minimum Gasteiger partial charge on any atom is -0.316 e. The minimum atomic E-state index is -2.41. The van der Waals surface area contributed by atoms with E-state index in [2.05, 4.69) is 5.32 Å². The predicted octanol–water partition coefficient (Wildman–Crippen LogP) is 3.37. The van der Waals surface area contributed by atoms with Gasteiger partial charge in [0, 0.05) is 16.5 Å². The lowest BCUT2D eigenvalue weighted by atomic mass is 10.2. The standard InChI is InChI=1S/C9H10ClF2NS/c1-13-5-6-2-7(10)4-8(3-6)14-9(11)12/h2-4,9,13H,5H2,1H3. The molecule has 0 fully saturated rings. The van der Waals surface area contributed by atoms with Crippen LogP contribution >= 0.6 is 23.4 Å². The van der Waals surface area contributed by atoms with E-state index in [1.54, 1.807) is 19.2 Å². The quantitative estimate of drug-likeness (QED) is 0.806. The van der Waals surface area contributed by atoms with Gasteiger partial charge in [0.2, 0.25) is 0 Å². The summed E-state index contributed by atoms with van der Waals surface area (Å²) in [6.45, 7) is 0.622. The molecule has 0 aliphatic heterocycles. The van der Waals surface area contributed by atoms with Gasteiger partial charge in [-0.25, -0.2) is 0 Å². The van der Waals surface area contributed by atoms with Gasteiger partial charge in [0.15, 0.2) is 0 Å². The first-order chi connectivity index (χ1) is 6.61. The first-order valence-corrected chi connectivity index (χ1v) is 5.26. The Balaban J connectivity index is 2.83. The summed E-state index contributed by atoms with van der Waals surface area (Å²) in [4.78, 5) is 0.498. The van der Waals surface area contributed by atoms with E-state index >= 15 is 0 Å². The number of hydrogen-bond donors (Lipinski definition) is 1. The molecule has 0 saturated heterocycles. The van der Waals surface area contributed by atoms with Crippen molar-refractivity contribution in [2.45, 2.75) is 17.2 Å². The molecule has 0 aromatic heterocycles. The van der Waals surface area contributed by atoms with E-state index in [0.717, 1.165) is 5.56 Å².